The van der Waals surface area contributed by atoms with Crippen LogP contribution in [0.2, 0.25) is 0 Å². The Morgan fingerprint density at radius 1 is 1.09 bits per heavy atom. The number of thioether (sulfide) groups is 2. The van der Waals surface area contributed by atoms with E-state index in [1.165, 1.54) is 28.1 Å². The van der Waals surface area contributed by atoms with Crippen molar-refractivity contribution in [1.29, 1.82) is 0 Å². The predicted octanol–water partition coefficient (Wildman–Crippen LogP) is 5.00. The van der Waals surface area contributed by atoms with E-state index in [4.69, 9.17) is 4.98 Å². The van der Waals surface area contributed by atoms with Crippen molar-refractivity contribution < 1.29 is 4.79 Å². The number of tetrazole rings is 1. The molecule has 3 aromatic carbocycles. The molecule has 0 saturated heterocycles. The highest BCUT2D eigenvalue weighted by atomic mass is 32.2. The zero-order valence-corrected chi connectivity index (χ0v) is 19.5. The molecule has 0 aliphatic carbocycles. The molecule has 0 spiro atoms. The maximum absolute atomic E-state index is 12.3. The number of hydrogen-bond acceptors (Lipinski definition) is 8. The molecule has 32 heavy (non-hydrogen) atoms. The van der Waals surface area contributed by atoms with E-state index in [0.717, 1.165) is 26.0 Å². The van der Waals surface area contributed by atoms with Gasteiger partial charge in [-0.1, -0.05) is 66.0 Å². The highest BCUT2D eigenvalue weighted by Crippen LogP contribution is 2.34. The van der Waals surface area contributed by atoms with Crippen molar-refractivity contribution in [1.82, 2.24) is 25.2 Å². The van der Waals surface area contributed by atoms with Crippen molar-refractivity contribution in [2.75, 3.05) is 11.1 Å². The summed E-state index contributed by atoms with van der Waals surface area (Å²) in [5.74, 6) is 0.993. The first-order valence-corrected chi connectivity index (χ1v) is 12.6. The summed E-state index contributed by atoms with van der Waals surface area (Å²) in [6.07, 6.45) is 0. The molecule has 0 saturated carbocycles. The van der Waals surface area contributed by atoms with Gasteiger partial charge in [0.15, 0.2) is 4.34 Å². The second kappa shape index (κ2) is 9.27. The molecule has 7 nitrogen and oxygen atoms in total. The molecule has 0 unspecified atom stereocenters. The number of aromatic nitrogens is 5. The van der Waals surface area contributed by atoms with Gasteiger partial charge in [-0.2, -0.15) is 0 Å². The van der Waals surface area contributed by atoms with Crippen LogP contribution < -0.4 is 5.32 Å². The highest BCUT2D eigenvalue weighted by molar-refractivity contribution is 8.00. The topological polar surface area (TPSA) is 85.6 Å². The van der Waals surface area contributed by atoms with Gasteiger partial charge in [0.1, 0.15) is 0 Å². The molecule has 10 heteroatoms. The number of fused-ring (bicyclic) bond motifs is 2. The van der Waals surface area contributed by atoms with Crippen LogP contribution in [0.25, 0.3) is 21.0 Å². The number of amides is 1. The molecule has 0 fully saturated rings. The minimum atomic E-state index is -0.104. The van der Waals surface area contributed by atoms with Crippen LogP contribution in [0.5, 0.6) is 0 Å². The molecule has 5 aromatic rings. The lowest BCUT2D eigenvalue weighted by molar-refractivity contribution is -0.113. The van der Waals surface area contributed by atoms with E-state index in [-0.39, 0.29) is 11.7 Å². The van der Waals surface area contributed by atoms with Crippen molar-refractivity contribution in [2.45, 2.75) is 15.2 Å². The Kier molecular flexibility index (Phi) is 6.06. The van der Waals surface area contributed by atoms with E-state index in [9.17, 15) is 4.79 Å². The van der Waals surface area contributed by atoms with Gasteiger partial charge in [-0.15, -0.1) is 16.4 Å². The zero-order chi connectivity index (χ0) is 21.9. The summed E-state index contributed by atoms with van der Waals surface area (Å²) in [5, 5.41) is 17.3. The van der Waals surface area contributed by atoms with Crippen LogP contribution in [0.4, 0.5) is 5.69 Å². The first kappa shape index (κ1) is 20.9. The van der Waals surface area contributed by atoms with E-state index in [0.29, 0.717) is 5.16 Å². The summed E-state index contributed by atoms with van der Waals surface area (Å²) < 4.78 is 3.61. The monoisotopic (exact) mass is 478 g/mol. The molecular weight excluding hydrogens is 460 g/mol. The van der Waals surface area contributed by atoms with Crippen molar-refractivity contribution in [3.8, 4) is 0 Å². The second-order valence-electron chi connectivity index (χ2n) is 7.01. The SMILES string of the molecule is Cn1nnnc1SCC(=O)Nc1ccc2nc(SCc3cccc4ccccc34)sc2c1. The van der Waals surface area contributed by atoms with Crippen LogP contribution in [0.15, 0.2) is 70.2 Å². The minimum Gasteiger partial charge on any atom is -0.325 e. The minimum absolute atomic E-state index is 0.104. The average molecular weight is 479 g/mol. The number of aryl methyl sites for hydroxylation is 1. The molecule has 0 aliphatic rings. The lowest BCUT2D eigenvalue weighted by atomic mass is 10.1. The quantitative estimate of drug-likeness (QED) is 0.330. The van der Waals surface area contributed by atoms with Crippen LogP contribution >= 0.6 is 34.9 Å². The number of carbonyl (C=O) groups excluding carboxylic acids is 1. The van der Waals surface area contributed by atoms with Crippen molar-refractivity contribution in [3.05, 3.63) is 66.2 Å². The van der Waals surface area contributed by atoms with Crippen LogP contribution in [-0.2, 0) is 17.6 Å². The van der Waals surface area contributed by atoms with Gasteiger partial charge in [0.05, 0.1) is 16.0 Å². The third-order valence-electron chi connectivity index (χ3n) is 4.80. The lowest BCUT2D eigenvalue weighted by Gasteiger charge is -2.04. The third kappa shape index (κ3) is 4.62. The number of thiazole rings is 1. The largest absolute Gasteiger partial charge is 0.325 e. The molecule has 1 amide bonds. The van der Waals surface area contributed by atoms with Gasteiger partial charge < -0.3 is 5.32 Å². The molecule has 1 N–H and O–H groups in total. The number of carbonyl (C=O) groups is 1. The molecule has 160 valence electrons. The number of nitrogens with zero attached hydrogens (tertiary/aromatic N) is 5. The fourth-order valence-corrected chi connectivity index (χ4v) is 6.03. The van der Waals surface area contributed by atoms with Crippen molar-refractivity contribution in [3.63, 3.8) is 0 Å². The van der Waals surface area contributed by atoms with Gasteiger partial charge in [0, 0.05) is 18.5 Å². The van der Waals surface area contributed by atoms with E-state index in [2.05, 4.69) is 63.3 Å². The molecular formula is C22H18N6OS3. The molecule has 2 aromatic heterocycles. The molecule has 0 atom stereocenters. The fourth-order valence-electron chi connectivity index (χ4n) is 3.27. The number of anilines is 1. The van der Waals surface area contributed by atoms with Gasteiger partial charge in [-0.05, 0) is 45.0 Å². The fraction of sp³-hybridized carbons (Fsp3) is 0.136. The highest BCUT2D eigenvalue weighted by Gasteiger charge is 2.11. The first-order valence-electron chi connectivity index (χ1n) is 9.81. The number of rotatable bonds is 7. The second-order valence-corrected chi connectivity index (χ2v) is 10.2. The zero-order valence-electron chi connectivity index (χ0n) is 17.1. The number of hydrogen-bond donors (Lipinski definition) is 1. The van der Waals surface area contributed by atoms with Crippen LogP contribution in [-0.4, -0.2) is 36.9 Å². The summed E-state index contributed by atoms with van der Waals surface area (Å²) in [7, 11) is 1.74. The van der Waals surface area contributed by atoms with E-state index in [1.54, 1.807) is 34.8 Å². The summed E-state index contributed by atoms with van der Waals surface area (Å²) >= 11 is 4.68. The number of benzene rings is 3. The maximum Gasteiger partial charge on any atom is 0.234 e. The van der Waals surface area contributed by atoms with E-state index in [1.807, 2.05) is 18.2 Å². The predicted molar refractivity (Wildman–Crippen MR) is 131 cm³/mol. The Morgan fingerprint density at radius 3 is 2.84 bits per heavy atom. The van der Waals surface area contributed by atoms with Gasteiger partial charge in [0.25, 0.3) is 0 Å². The molecule has 5 rings (SSSR count). The first-order chi connectivity index (χ1) is 15.7. The van der Waals surface area contributed by atoms with Gasteiger partial charge in [-0.3, -0.25) is 4.79 Å². The summed E-state index contributed by atoms with van der Waals surface area (Å²) in [6, 6.07) is 20.7. The molecule has 0 radical (unpaired) electrons. The maximum atomic E-state index is 12.3. The molecule has 0 aliphatic heterocycles. The summed E-state index contributed by atoms with van der Waals surface area (Å²) in [4.78, 5) is 17.0. The van der Waals surface area contributed by atoms with Crippen LogP contribution in [0, 0.1) is 0 Å². The van der Waals surface area contributed by atoms with E-state index < -0.39 is 0 Å². The standard InChI is InChI=1S/C22H18N6OS3/c1-28-21(25-26-27-28)30-13-20(29)23-16-9-10-18-19(11-16)32-22(24-18)31-12-15-7-4-6-14-5-2-3-8-17(14)15/h2-11H,12-13H2,1H3,(H,23,29). The Morgan fingerprint density at radius 2 is 1.97 bits per heavy atom. The normalized spacial score (nSPS) is 11.3. The van der Waals surface area contributed by atoms with Gasteiger partial charge in [0.2, 0.25) is 11.1 Å². The summed E-state index contributed by atoms with van der Waals surface area (Å²) in [6.45, 7) is 0. The van der Waals surface area contributed by atoms with Gasteiger partial charge >= 0.3 is 0 Å². The van der Waals surface area contributed by atoms with Gasteiger partial charge in [-0.25, -0.2) is 9.67 Å². The molecule has 2 heterocycles. The van der Waals surface area contributed by atoms with Crippen molar-refractivity contribution >= 4 is 67.4 Å². The lowest BCUT2D eigenvalue weighted by Crippen LogP contribution is -2.14. The Hall–Kier alpha value is -2.95. The number of nitrogens with one attached hydrogen (secondary N) is 1. The Bertz CT molecular complexity index is 1410. The molecule has 0 bridgehead atoms. The van der Waals surface area contributed by atoms with E-state index >= 15 is 0 Å². The Labute approximate surface area is 196 Å². The summed E-state index contributed by atoms with van der Waals surface area (Å²) in [5.41, 5.74) is 3.00. The average Bonchev–Trinajstić information content (AvgIpc) is 3.41. The van der Waals surface area contributed by atoms with Crippen molar-refractivity contribution in [2.24, 2.45) is 7.05 Å². The smallest absolute Gasteiger partial charge is 0.234 e. The van der Waals surface area contributed by atoms with Crippen LogP contribution in [0.1, 0.15) is 5.56 Å². The third-order valence-corrected chi connectivity index (χ3v) is 8.02. The van der Waals surface area contributed by atoms with Crippen LogP contribution in [0.3, 0.4) is 0 Å². The Balaban J connectivity index is 1.24.